The molecule has 6 nitrogen and oxygen atoms in total. The molecule has 1 aliphatic rings. The van der Waals surface area contributed by atoms with Crippen molar-refractivity contribution in [2.45, 2.75) is 25.4 Å². The first-order valence-corrected chi connectivity index (χ1v) is 8.84. The Bertz CT molecular complexity index is 707. The molecule has 25 heavy (non-hydrogen) atoms. The van der Waals surface area contributed by atoms with E-state index in [0.29, 0.717) is 19.1 Å². The van der Waals surface area contributed by atoms with Crippen molar-refractivity contribution in [1.82, 2.24) is 20.5 Å². The van der Waals surface area contributed by atoms with Gasteiger partial charge in [0.25, 0.3) is 0 Å². The molecular weight excluding hydrogens is 316 g/mol. The lowest BCUT2D eigenvalue weighted by molar-refractivity contribution is 0.140. The van der Waals surface area contributed by atoms with Gasteiger partial charge in [-0.1, -0.05) is 12.1 Å². The van der Waals surface area contributed by atoms with Crippen LogP contribution in [0.5, 0.6) is 0 Å². The van der Waals surface area contributed by atoms with Crippen molar-refractivity contribution in [1.29, 1.82) is 0 Å². The summed E-state index contributed by atoms with van der Waals surface area (Å²) in [5, 5.41) is 7.01. The topological polar surface area (TPSA) is 66.5 Å². The molecule has 134 valence electrons. The molecule has 6 heteroatoms. The number of rotatable bonds is 7. The smallest absolute Gasteiger partial charge is 0.315 e. The predicted octanol–water partition coefficient (Wildman–Crippen LogP) is 2.14. The van der Waals surface area contributed by atoms with E-state index in [1.54, 1.807) is 13.3 Å². The number of fused-ring (bicyclic) bond motifs is 1. The zero-order chi connectivity index (χ0) is 17.5. The quantitative estimate of drug-likeness (QED) is 0.809. The number of aromatic nitrogens is 1. The number of amides is 2. The molecule has 0 bridgehead atoms. The molecule has 1 aromatic heterocycles. The summed E-state index contributed by atoms with van der Waals surface area (Å²) < 4.78 is 5.15. The maximum atomic E-state index is 12.1. The Balaban J connectivity index is 1.44. The number of likely N-dealkylation sites (tertiary alicyclic amines) is 1. The first kappa shape index (κ1) is 17.6. The van der Waals surface area contributed by atoms with Crippen LogP contribution in [0.4, 0.5) is 4.79 Å². The van der Waals surface area contributed by atoms with Gasteiger partial charge in [-0.15, -0.1) is 0 Å². The third-order valence-corrected chi connectivity index (χ3v) is 4.70. The van der Waals surface area contributed by atoms with Crippen LogP contribution < -0.4 is 10.6 Å². The van der Waals surface area contributed by atoms with E-state index in [0.717, 1.165) is 42.6 Å². The molecule has 1 atom stereocenters. The van der Waals surface area contributed by atoms with Crippen LogP contribution in [0.3, 0.4) is 0 Å². The number of pyridine rings is 1. The number of benzene rings is 1. The van der Waals surface area contributed by atoms with Gasteiger partial charge in [0.05, 0.1) is 12.1 Å². The van der Waals surface area contributed by atoms with E-state index in [2.05, 4.69) is 26.6 Å². The van der Waals surface area contributed by atoms with Crippen LogP contribution in [0.2, 0.25) is 0 Å². The van der Waals surface area contributed by atoms with Crippen LogP contribution >= 0.6 is 0 Å². The Morgan fingerprint density at radius 1 is 1.36 bits per heavy atom. The Kier molecular flexibility index (Phi) is 6.19. The van der Waals surface area contributed by atoms with Gasteiger partial charge in [-0.2, -0.15) is 0 Å². The lowest BCUT2D eigenvalue weighted by atomic mass is 10.1. The van der Waals surface area contributed by atoms with Crippen LogP contribution in [-0.2, 0) is 11.3 Å². The van der Waals surface area contributed by atoms with Crippen molar-refractivity contribution in [3.05, 3.63) is 42.1 Å². The van der Waals surface area contributed by atoms with E-state index in [1.807, 2.05) is 24.3 Å². The second kappa shape index (κ2) is 8.78. The standard InChI is InChI=1S/C19H26N4O2/c1-25-11-10-23-9-3-5-17(23)14-22-19(24)21-13-15-6-7-18-16(12-15)4-2-8-20-18/h2,4,6-8,12,17H,3,5,9-11,13-14H2,1H3,(H2,21,22,24)/t17-/m1/s1. The Morgan fingerprint density at radius 3 is 3.16 bits per heavy atom. The first-order chi connectivity index (χ1) is 12.3. The van der Waals surface area contributed by atoms with Gasteiger partial charge in [-0.3, -0.25) is 9.88 Å². The van der Waals surface area contributed by atoms with Crippen LogP contribution in [-0.4, -0.2) is 55.3 Å². The maximum Gasteiger partial charge on any atom is 0.315 e. The van der Waals surface area contributed by atoms with Crippen molar-refractivity contribution >= 4 is 16.9 Å². The molecule has 1 saturated heterocycles. The van der Waals surface area contributed by atoms with Crippen LogP contribution in [0.15, 0.2) is 36.5 Å². The average molecular weight is 342 g/mol. The van der Waals surface area contributed by atoms with Crippen molar-refractivity contribution < 1.29 is 9.53 Å². The number of nitrogens with zero attached hydrogens (tertiary/aromatic N) is 2. The molecule has 2 N–H and O–H groups in total. The van der Waals surface area contributed by atoms with Crippen LogP contribution in [0.25, 0.3) is 10.9 Å². The first-order valence-electron chi connectivity index (χ1n) is 8.84. The molecular formula is C19H26N4O2. The average Bonchev–Trinajstić information content (AvgIpc) is 3.10. The van der Waals surface area contributed by atoms with Gasteiger partial charge in [0, 0.05) is 44.4 Å². The molecule has 0 aliphatic carbocycles. The Hall–Kier alpha value is -2.18. The van der Waals surface area contributed by atoms with E-state index >= 15 is 0 Å². The fraction of sp³-hybridized carbons (Fsp3) is 0.474. The lowest BCUT2D eigenvalue weighted by Gasteiger charge is -2.24. The lowest BCUT2D eigenvalue weighted by Crippen LogP contribution is -2.44. The summed E-state index contributed by atoms with van der Waals surface area (Å²) in [5.41, 5.74) is 2.03. The van der Waals surface area contributed by atoms with E-state index in [9.17, 15) is 4.79 Å². The molecule has 0 radical (unpaired) electrons. The fourth-order valence-electron chi connectivity index (χ4n) is 3.32. The number of carbonyl (C=O) groups excluding carboxylic acids is 1. The second-order valence-electron chi connectivity index (χ2n) is 6.42. The molecule has 1 aliphatic heterocycles. The zero-order valence-corrected chi connectivity index (χ0v) is 14.7. The number of urea groups is 1. The highest BCUT2D eigenvalue weighted by molar-refractivity contribution is 5.79. The summed E-state index contributed by atoms with van der Waals surface area (Å²) in [5.74, 6) is 0. The highest BCUT2D eigenvalue weighted by Crippen LogP contribution is 2.16. The Morgan fingerprint density at radius 2 is 2.28 bits per heavy atom. The monoisotopic (exact) mass is 342 g/mol. The number of carbonyl (C=O) groups is 1. The van der Waals surface area contributed by atoms with Crippen molar-refractivity contribution in [3.63, 3.8) is 0 Å². The molecule has 0 unspecified atom stereocenters. The molecule has 1 fully saturated rings. The van der Waals surface area contributed by atoms with Gasteiger partial charge in [0.15, 0.2) is 0 Å². The third kappa shape index (κ3) is 4.90. The molecule has 2 heterocycles. The minimum atomic E-state index is -0.120. The summed E-state index contributed by atoms with van der Waals surface area (Å²) >= 11 is 0. The number of hydrogen-bond donors (Lipinski definition) is 2. The van der Waals surface area contributed by atoms with Crippen molar-refractivity contribution in [2.75, 3.05) is 33.4 Å². The molecule has 0 saturated carbocycles. The van der Waals surface area contributed by atoms with Crippen LogP contribution in [0.1, 0.15) is 18.4 Å². The summed E-state index contributed by atoms with van der Waals surface area (Å²) in [6.45, 7) is 3.93. The second-order valence-corrected chi connectivity index (χ2v) is 6.42. The van der Waals surface area contributed by atoms with Gasteiger partial charge in [0.1, 0.15) is 0 Å². The number of ether oxygens (including phenoxy) is 1. The molecule has 3 rings (SSSR count). The SMILES string of the molecule is COCCN1CCC[C@@H]1CNC(=O)NCc1ccc2ncccc2c1. The maximum absolute atomic E-state index is 12.1. The normalized spacial score (nSPS) is 17.7. The van der Waals surface area contributed by atoms with Gasteiger partial charge >= 0.3 is 6.03 Å². The largest absolute Gasteiger partial charge is 0.383 e. The molecule has 1 aromatic carbocycles. The van der Waals surface area contributed by atoms with E-state index in [-0.39, 0.29) is 6.03 Å². The highest BCUT2D eigenvalue weighted by atomic mass is 16.5. The summed E-state index contributed by atoms with van der Waals surface area (Å²) in [7, 11) is 1.72. The van der Waals surface area contributed by atoms with E-state index in [4.69, 9.17) is 4.74 Å². The number of hydrogen-bond acceptors (Lipinski definition) is 4. The van der Waals surface area contributed by atoms with E-state index < -0.39 is 0 Å². The van der Waals surface area contributed by atoms with Gasteiger partial charge in [-0.25, -0.2) is 4.79 Å². The minimum Gasteiger partial charge on any atom is -0.383 e. The summed E-state index contributed by atoms with van der Waals surface area (Å²) in [4.78, 5) is 18.8. The highest BCUT2D eigenvalue weighted by Gasteiger charge is 2.24. The van der Waals surface area contributed by atoms with Crippen molar-refractivity contribution in [3.8, 4) is 0 Å². The zero-order valence-electron chi connectivity index (χ0n) is 14.7. The summed E-state index contributed by atoms with van der Waals surface area (Å²) in [6.07, 6.45) is 4.09. The third-order valence-electron chi connectivity index (χ3n) is 4.70. The van der Waals surface area contributed by atoms with Crippen LogP contribution in [0, 0.1) is 0 Å². The van der Waals surface area contributed by atoms with E-state index in [1.165, 1.54) is 6.42 Å². The minimum absolute atomic E-state index is 0.120. The van der Waals surface area contributed by atoms with Gasteiger partial charge in [0.2, 0.25) is 0 Å². The van der Waals surface area contributed by atoms with Crippen molar-refractivity contribution in [2.24, 2.45) is 0 Å². The van der Waals surface area contributed by atoms with Gasteiger partial charge < -0.3 is 15.4 Å². The Labute approximate surface area is 148 Å². The predicted molar refractivity (Wildman–Crippen MR) is 98.5 cm³/mol. The summed E-state index contributed by atoms with van der Waals surface area (Å²) in [6, 6.07) is 10.3. The number of methoxy groups -OCH3 is 1. The number of nitrogens with one attached hydrogen (secondary N) is 2. The molecule has 2 amide bonds. The molecule has 0 spiro atoms. The molecule has 2 aromatic rings. The van der Waals surface area contributed by atoms with Gasteiger partial charge in [-0.05, 0) is 43.1 Å². The fourth-order valence-corrected chi connectivity index (χ4v) is 3.32.